The molecule has 0 aliphatic rings. The highest BCUT2D eigenvalue weighted by atomic mass is 16.5. The van der Waals surface area contributed by atoms with E-state index in [1.54, 1.807) is 30.3 Å². The highest BCUT2D eigenvalue weighted by molar-refractivity contribution is 6.08. The Kier molecular flexibility index (Phi) is 5.47. The molecule has 2 rings (SSSR count). The van der Waals surface area contributed by atoms with Gasteiger partial charge >= 0.3 is 0 Å². The first-order chi connectivity index (χ1) is 11.5. The summed E-state index contributed by atoms with van der Waals surface area (Å²) in [4.78, 5) is 12.3. The lowest BCUT2D eigenvalue weighted by Crippen LogP contribution is -1.97. The van der Waals surface area contributed by atoms with Crippen molar-refractivity contribution in [2.75, 3.05) is 21.3 Å². The quantitative estimate of drug-likeness (QED) is 0.648. The van der Waals surface area contributed by atoms with Crippen molar-refractivity contribution >= 4 is 11.9 Å². The van der Waals surface area contributed by atoms with E-state index in [0.29, 0.717) is 22.8 Å². The molecule has 0 aliphatic heterocycles. The SMILES string of the molecule is COc1cc(C=CC(=O)c2cc(C)ccc2O)cc(OC)c1OC. The van der Waals surface area contributed by atoms with Crippen molar-refractivity contribution in [3.63, 3.8) is 0 Å². The number of allylic oxidation sites excluding steroid dienone is 1. The Morgan fingerprint density at radius 2 is 1.62 bits per heavy atom. The third kappa shape index (κ3) is 3.68. The minimum absolute atomic E-state index is 0.0415. The summed E-state index contributed by atoms with van der Waals surface area (Å²) in [7, 11) is 4.58. The van der Waals surface area contributed by atoms with Crippen LogP contribution in [-0.2, 0) is 0 Å². The van der Waals surface area contributed by atoms with Crippen molar-refractivity contribution in [1.29, 1.82) is 0 Å². The molecule has 0 atom stereocenters. The lowest BCUT2D eigenvalue weighted by molar-refractivity contribution is 0.104. The van der Waals surface area contributed by atoms with Gasteiger partial charge < -0.3 is 19.3 Å². The van der Waals surface area contributed by atoms with Gasteiger partial charge in [-0.1, -0.05) is 17.7 Å². The van der Waals surface area contributed by atoms with E-state index in [1.165, 1.54) is 33.5 Å². The van der Waals surface area contributed by atoms with E-state index in [2.05, 4.69) is 0 Å². The number of hydrogen-bond donors (Lipinski definition) is 1. The Bertz CT molecular complexity index is 752. The second kappa shape index (κ2) is 7.55. The van der Waals surface area contributed by atoms with E-state index in [4.69, 9.17) is 14.2 Å². The first-order valence-corrected chi connectivity index (χ1v) is 7.32. The van der Waals surface area contributed by atoms with Crippen LogP contribution in [0.4, 0.5) is 0 Å². The fourth-order valence-corrected chi connectivity index (χ4v) is 2.31. The number of ether oxygens (including phenoxy) is 3. The summed E-state index contributed by atoms with van der Waals surface area (Å²) in [6.45, 7) is 1.86. The van der Waals surface area contributed by atoms with Gasteiger partial charge in [-0.25, -0.2) is 0 Å². The molecule has 0 fully saturated rings. The highest BCUT2D eigenvalue weighted by Gasteiger charge is 2.13. The number of phenols is 1. The molecular weight excluding hydrogens is 308 g/mol. The van der Waals surface area contributed by atoms with Crippen LogP contribution in [0.1, 0.15) is 21.5 Å². The van der Waals surface area contributed by atoms with Crippen molar-refractivity contribution in [3.8, 4) is 23.0 Å². The minimum atomic E-state index is -0.287. The number of ketones is 1. The standard InChI is InChI=1S/C19H20O5/c1-12-5-7-15(20)14(9-12)16(21)8-6-13-10-17(22-2)19(24-4)18(11-13)23-3/h5-11,20H,1-4H3. The van der Waals surface area contributed by atoms with Crippen molar-refractivity contribution in [3.05, 3.63) is 53.1 Å². The van der Waals surface area contributed by atoms with Crippen LogP contribution in [0.15, 0.2) is 36.4 Å². The average Bonchev–Trinajstić information content (AvgIpc) is 2.60. The molecule has 0 saturated heterocycles. The zero-order valence-electron chi connectivity index (χ0n) is 14.1. The number of carbonyl (C=O) groups excluding carboxylic acids is 1. The van der Waals surface area contributed by atoms with E-state index < -0.39 is 0 Å². The predicted molar refractivity (Wildman–Crippen MR) is 92.3 cm³/mol. The van der Waals surface area contributed by atoms with E-state index >= 15 is 0 Å². The molecule has 1 N–H and O–H groups in total. The Balaban J connectivity index is 2.34. The zero-order valence-corrected chi connectivity index (χ0v) is 14.1. The van der Waals surface area contributed by atoms with Crippen molar-refractivity contribution in [2.45, 2.75) is 6.92 Å². The molecule has 0 unspecified atom stereocenters. The lowest BCUT2D eigenvalue weighted by atomic mass is 10.1. The first-order valence-electron chi connectivity index (χ1n) is 7.32. The van der Waals surface area contributed by atoms with Crippen LogP contribution >= 0.6 is 0 Å². The third-order valence-corrected chi connectivity index (χ3v) is 3.53. The Morgan fingerprint density at radius 1 is 1.00 bits per heavy atom. The number of benzene rings is 2. The highest BCUT2D eigenvalue weighted by Crippen LogP contribution is 2.38. The molecule has 0 spiro atoms. The van der Waals surface area contributed by atoms with Gasteiger partial charge in [0.2, 0.25) is 5.75 Å². The van der Waals surface area contributed by atoms with Crippen LogP contribution < -0.4 is 14.2 Å². The van der Waals surface area contributed by atoms with E-state index in [-0.39, 0.29) is 17.1 Å². The van der Waals surface area contributed by atoms with Crippen LogP contribution in [0.2, 0.25) is 0 Å². The fraction of sp³-hybridized carbons (Fsp3) is 0.211. The fourth-order valence-electron chi connectivity index (χ4n) is 2.31. The molecule has 0 saturated carbocycles. The zero-order chi connectivity index (χ0) is 17.7. The lowest BCUT2D eigenvalue weighted by Gasteiger charge is -2.12. The van der Waals surface area contributed by atoms with Crippen molar-refractivity contribution in [2.24, 2.45) is 0 Å². The molecule has 126 valence electrons. The van der Waals surface area contributed by atoms with Gasteiger partial charge in [0.05, 0.1) is 26.9 Å². The molecule has 24 heavy (non-hydrogen) atoms. The number of phenolic OH excluding ortho intramolecular Hbond substituents is 1. The molecule has 2 aromatic rings. The van der Waals surface area contributed by atoms with Gasteiger partial charge in [0, 0.05) is 0 Å². The summed E-state index contributed by atoms with van der Waals surface area (Å²) in [5, 5.41) is 9.82. The molecule has 0 bridgehead atoms. The Hall–Kier alpha value is -2.95. The van der Waals surface area contributed by atoms with Gasteiger partial charge in [-0.3, -0.25) is 4.79 Å². The number of hydrogen-bond acceptors (Lipinski definition) is 5. The van der Waals surface area contributed by atoms with Crippen molar-refractivity contribution < 1.29 is 24.1 Å². The molecular formula is C19H20O5. The smallest absolute Gasteiger partial charge is 0.203 e. The molecule has 5 heteroatoms. The van der Waals surface area contributed by atoms with Crippen LogP contribution in [0.25, 0.3) is 6.08 Å². The normalized spacial score (nSPS) is 10.7. The molecule has 0 heterocycles. The van der Waals surface area contributed by atoms with Gasteiger partial charge in [-0.05, 0) is 42.8 Å². The molecule has 0 radical (unpaired) electrons. The number of rotatable bonds is 6. The number of methoxy groups -OCH3 is 3. The summed E-state index contributed by atoms with van der Waals surface area (Å²) in [5.41, 5.74) is 1.88. The first kappa shape index (κ1) is 17.4. The molecule has 0 aliphatic carbocycles. The second-order valence-electron chi connectivity index (χ2n) is 5.18. The summed E-state index contributed by atoms with van der Waals surface area (Å²) in [5.74, 6) is 1.16. The minimum Gasteiger partial charge on any atom is -0.507 e. The maximum atomic E-state index is 12.3. The van der Waals surface area contributed by atoms with Gasteiger partial charge in [-0.15, -0.1) is 0 Å². The monoisotopic (exact) mass is 328 g/mol. The second-order valence-corrected chi connectivity index (χ2v) is 5.18. The largest absolute Gasteiger partial charge is 0.507 e. The number of aromatic hydroxyl groups is 1. The summed E-state index contributed by atoms with van der Waals surface area (Å²) >= 11 is 0. The summed E-state index contributed by atoms with van der Waals surface area (Å²) in [6, 6.07) is 8.38. The van der Waals surface area contributed by atoms with E-state index in [1.807, 2.05) is 6.92 Å². The van der Waals surface area contributed by atoms with Gasteiger partial charge in [0.15, 0.2) is 17.3 Å². The topological polar surface area (TPSA) is 65.0 Å². The van der Waals surface area contributed by atoms with Crippen LogP contribution in [0.5, 0.6) is 23.0 Å². The van der Waals surface area contributed by atoms with Crippen LogP contribution in [0.3, 0.4) is 0 Å². The number of carbonyl (C=O) groups is 1. The predicted octanol–water partition coefficient (Wildman–Crippen LogP) is 3.62. The number of aryl methyl sites for hydroxylation is 1. The van der Waals surface area contributed by atoms with E-state index in [9.17, 15) is 9.90 Å². The van der Waals surface area contributed by atoms with Crippen LogP contribution in [0, 0.1) is 6.92 Å². The molecule has 0 aromatic heterocycles. The maximum absolute atomic E-state index is 12.3. The van der Waals surface area contributed by atoms with E-state index in [0.717, 1.165) is 5.56 Å². The maximum Gasteiger partial charge on any atom is 0.203 e. The van der Waals surface area contributed by atoms with Gasteiger partial charge in [0.25, 0.3) is 0 Å². The van der Waals surface area contributed by atoms with Crippen molar-refractivity contribution in [1.82, 2.24) is 0 Å². The Morgan fingerprint density at radius 3 is 2.17 bits per heavy atom. The summed E-state index contributed by atoms with van der Waals surface area (Å²) < 4.78 is 15.8. The third-order valence-electron chi connectivity index (χ3n) is 3.53. The van der Waals surface area contributed by atoms with Gasteiger partial charge in [0.1, 0.15) is 5.75 Å². The molecule has 2 aromatic carbocycles. The molecule has 0 amide bonds. The van der Waals surface area contributed by atoms with Gasteiger partial charge in [-0.2, -0.15) is 0 Å². The van der Waals surface area contributed by atoms with Crippen LogP contribution in [-0.4, -0.2) is 32.2 Å². The molecule has 5 nitrogen and oxygen atoms in total. The summed E-state index contributed by atoms with van der Waals surface area (Å²) in [6.07, 6.45) is 3.03. The Labute approximate surface area is 141 Å². The average molecular weight is 328 g/mol.